The van der Waals surface area contributed by atoms with E-state index in [1.54, 1.807) is 6.07 Å². The molecule has 0 aromatic heterocycles. The van der Waals surface area contributed by atoms with Crippen LogP contribution in [0.25, 0.3) is 0 Å². The number of hydrogen-bond donors (Lipinski definition) is 3. The van der Waals surface area contributed by atoms with E-state index in [1.165, 1.54) is 12.1 Å². The molecule has 1 atom stereocenters. The molecule has 4 N–H and O–H groups in total. The van der Waals surface area contributed by atoms with Gasteiger partial charge in [0.15, 0.2) is 0 Å². The number of hydrogen-bond acceptors (Lipinski definition) is 3. The van der Waals surface area contributed by atoms with Crippen LogP contribution in [0, 0.1) is 0 Å². The summed E-state index contributed by atoms with van der Waals surface area (Å²) in [6.45, 7) is 0. The zero-order chi connectivity index (χ0) is 15.3. The van der Waals surface area contributed by atoms with E-state index in [9.17, 15) is 14.4 Å². The van der Waals surface area contributed by atoms with Crippen LogP contribution < -0.4 is 11.1 Å². The van der Waals surface area contributed by atoms with Gasteiger partial charge >= 0.3 is 5.97 Å². The number of primary amides is 1. The number of nitrogens with one attached hydrogen (secondary N) is 1. The first-order valence-corrected chi connectivity index (χ1v) is 6.75. The molecule has 1 aromatic rings. The molecule has 0 aliphatic heterocycles. The number of carbonyl (C=O) groups is 3. The Morgan fingerprint density at radius 2 is 2.05 bits per heavy atom. The highest BCUT2D eigenvalue weighted by Gasteiger charge is 2.22. The Labute approximate surface area is 128 Å². The van der Waals surface area contributed by atoms with Gasteiger partial charge in [0, 0.05) is 10.9 Å². The molecule has 1 rings (SSSR count). The summed E-state index contributed by atoms with van der Waals surface area (Å²) < 4.78 is 0.635. The highest BCUT2D eigenvalue weighted by molar-refractivity contribution is 9.10. The maximum Gasteiger partial charge on any atom is 0.326 e. The SMILES string of the molecule is NC(=O)CC[C@@H](NC(=O)c1cc(Br)ccc1Cl)C(=O)O. The number of rotatable bonds is 6. The number of benzene rings is 1. The van der Waals surface area contributed by atoms with Crippen molar-refractivity contribution in [2.75, 3.05) is 0 Å². The maximum atomic E-state index is 12.0. The lowest BCUT2D eigenvalue weighted by atomic mass is 10.1. The molecule has 108 valence electrons. The molecule has 6 nitrogen and oxygen atoms in total. The quantitative estimate of drug-likeness (QED) is 0.712. The van der Waals surface area contributed by atoms with Crippen molar-refractivity contribution in [2.24, 2.45) is 5.73 Å². The van der Waals surface area contributed by atoms with Gasteiger partial charge < -0.3 is 16.2 Å². The molecule has 1 aromatic carbocycles. The molecule has 0 fully saturated rings. The Kier molecular flexibility index (Phi) is 5.97. The van der Waals surface area contributed by atoms with Crippen molar-refractivity contribution in [3.8, 4) is 0 Å². The third-order valence-corrected chi connectivity index (χ3v) is 3.28. The van der Waals surface area contributed by atoms with E-state index in [0.29, 0.717) is 4.47 Å². The lowest BCUT2D eigenvalue weighted by molar-refractivity contribution is -0.139. The summed E-state index contributed by atoms with van der Waals surface area (Å²) in [6.07, 6.45) is -0.217. The summed E-state index contributed by atoms with van der Waals surface area (Å²) in [5.74, 6) is -2.51. The van der Waals surface area contributed by atoms with E-state index in [-0.39, 0.29) is 23.4 Å². The Hall–Kier alpha value is -1.60. The molecule has 20 heavy (non-hydrogen) atoms. The normalized spacial score (nSPS) is 11.7. The molecule has 0 saturated heterocycles. The second kappa shape index (κ2) is 7.25. The van der Waals surface area contributed by atoms with Crippen LogP contribution in [0.1, 0.15) is 23.2 Å². The van der Waals surface area contributed by atoms with Gasteiger partial charge in [-0.2, -0.15) is 0 Å². The lowest BCUT2D eigenvalue weighted by Gasteiger charge is -2.14. The van der Waals surface area contributed by atoms with Crippen LogP contribution in [0.2, 0.25) is 5.02 Å². The van der Waals surface area contributed by atoms with E-state index in [2.05, 4.69) is 21.2 Å². The summed E-state index contributed by atoms with van der Waals surface area (Å²) in [5, 5.41) is 11.5. The topological polar surface area (TPSA) is 109 Å². The van der Waals surface area contributed by atoms with Crippen molar-refractivity contribution >= 4 is 45.3 Å². The lowest BCUT2D eigenvalue weighted by Crippen LogP contribution is -2.41. The largest absolute Gasteiger partial charge is 0.480 e. The van der Waals surface area contributed by atoms with E-state index in [1.807, 2.05) is 0 Å². The monoisotopic (exact) mass is 362 g/mol. The first-order valence-electron chi connectivity index (χ1n) is 5.58. The van der Waals surface area contributed by atoms with Gasteiger partial charge in [-0.25, -0.2) is 4.79 Å². The summed E-state index contributed by atoms with van der Waals surface area (Å²) in [5.41, 5.74) is 5.10. The molecular formula is C12H12BrClN2O4. The zero-order valence-electron chi connectivity index (χ0n) is 10.2. The predicted molar refractivity (Wildman–Crippen MR) is 76.5 cm³/mol. The van der Waals surface area contributed by atoms with Gasteiger partial charge in [-0.1, -0.05) is 27.5 Å². The highest BCUT2D eigenvalue weighted by Crippen LogP contribution is 2.21. The molecule has 8 heteroatoms. The van der Waals surface area contributed by atoms with Crippen LogP contribution >= 0.6 is 27.5 Å². The van der Waals surface area contributed by atoms with E-state index in [0.717, 1.165) is 0 Å². The molecule has 0 radical (unpaired) electrons. The third-order valence-electron chi connectivity index (χ3n) is 2.46. The average molecular weight is 364 g/mol. The first-order chi connectivity index (χ1) is 9.31. The molecule has 0 heterocycles. The van der Waals surface area contributed by atoms with Gasteiger partial charge in [-0.05, 0) is 24.6 Å². The Balaban J connectivity index is 2.82. The number of nitrogens with two attached hydrogens (primary N) is 1. The standard InChI is InChI=1S/C12H12BrClN2O4/c13-6-1-2-8(14)7(5-6)11(18)16-9(12(19)20)3-4-10(15)17/h1-2,5,9H,3-4H2,(H2,15,17)(H,16,18)(H,19,20)/t9-/m1/s1. The second-order valence-electron chi connectivity index (χ2n) is 3.99. The van der Waals surface area contributed by atoms with Crippen molar-refractivity contribution in [2.45, 2.75) is 18.9 Å². The summed E-state index contributed by atoms with van der Waals surface area (Å²) >= 11 is 9.07. The van der Waals surface area contributed by atoms with Crippen molar-refractivity contribution < 1.29 is 19.5 Å². The zero-order valence-corrected chi connectivity index (χ0v) is 12.6. The number of carboxylic acid groups (broad SMARTS) is 1. The maximum absolute atomic E-state index is 12.0. The fourth-order valence-corrected chi connectivity index (χ4v) is 2.02. The fourth-order valence-electron chi connectivity index (χ4n) is 1.45. The van der Waals surface area contributed by atoms with Crippen LogP contribution in [0.5, 0.6) is 0 Å². The highest BCUT2D eigenvalue weighted by atomic mass is 79.9. The number of carbonyl (C=O) groups excluding carboxylic acids is 2. The molecule has 0 bridgehead atoms. The fraction of sp³-hybridized carbons (Fsp3) is 0.250. The second-order valence-corrected chi connectivity index (χ2v) is 5.32. The third kappa shape index (κ3) is 4.82. The average Bonchev–Trinajstić information content (AvgIpc) is 2.36. The Bertz CT molecular complexity index is 550. The van der Waals surface area contributed by atoms with Crippen LogP contribution in [-0.2, 0) is 9.59 Å². The van der Waals surface area contributed by atoms with Crippen molar-refractivity contribution in [1.82, 2.24) is 5.32 Å². The minimum Gasteiger partial charge on any atom is -0.480 e. The smallest absolute Gasteiger partial charge is 0.326 e. The van der Waals surface area contributed by atoms with Gasteiger partial charge in [-0.3, -0.25) is 9.59 Å². The number of carboxylic acids is 1. The van der Waals surface area contributed by atoms with Gasteiger partial charge in [-0.15, -0.1) is 0 Å². The summed E-state index contributed by atoms with van der Waals surface area (Å²) in [6, 6.07) is 3.44. The van der Waals surface area contributed by atoms with Crippen LogP contribution in [-0.4, -0.2) is 28.9 Å². The molecule has 0 aliphatic carbocycles. The van der Waals surface area contributed by atoms with Crippen LogP contribution in [0.15, 0.2) is 22.7 Å². The van der Waals surface area contributed by atoms with Gasteiger partial charge in [0.25, 0.3) is 5.91 Å². The first kappa shape index (κ1) is 16.5. The molecule has 0 saturated carbocycles. The Morgan fingerprint density at radius 1 is 1.40 bits per heavy atom. The number of aliphatic carboxylic acids is 1. The minimum atomic E-state index is -1.24. The van der Waals surface area contributed by atoms with Crippen molar-refractivity contribution in [3.63, 3.8) is 0 Å². The number of halogens is 2. The molecule has 0 unspecified atom stereocenters. The molecule has 2 amide bonds. The Morgan fingerprint density at radius 3 is 2.60 bits per heavy atom. The van der Waals surface area contributed by atoms with E-state index in [4.69, 9.17) is 22.4 Å². The van der Waals surface area contributed by atoms with E-state index < -0.39 is 23.8 Å². The van der Waals surface area contributed by atoms with Gasteiger partial charge in [0.2, 0.25) is 5.91 Å². The van der Waals surface area contributed by atoms with Crippen molar-refractivity contribution in [1.29, 1.82) is 0 Å². The summed E-state index contributed by atoms with van der Waals surface area (Å²) in [4.78, 5) is 33.7. The summed E-state index contributed by atoms with van der Waals surface area (Å²) in [7, 11) is 0. The van der Waals surface area contributed by atoms with Crippen molar-refractivity contribution in [3.05, 3.63) is 33.3 Å². The molecular weight excluding hydrogens is 351 g/mol. The minimum absolute atomic E-state index is 0.0813. The molecule has 0 aliphatic rings. The van der Waals surface area contributed by atoms with Crippen LogP contribution in [0.3, 0.4) is 0 Å². The number of amides is 2. The predicted octanol–water partition coefficient (Wildman–Crippen LogP) is 1.55. The van der Waals surface area contributed by atoms with Gasteiger partial charge in [0.05, 0.1) is 10.6 Å². The van der Waals surface area contributed by atoms with E-state index >= 15 is 0 Å². The van der Waals surface area contributed by atoms with Gasteiger partial charge in [0.1, 0.15) is 6.04 Å². The molecule has 0 spiro atoms. The van der Waals surface area contributed by atoms with Crippen LogP contribution in [0.4, 0.5) is 0 Å².